The summed E-state index contributed by atoms with van der Waals surface area (Å²) in [4.78, 5) is 9.65. The van der Waals surface area contributed by atoms with Gasteiger partial charge in [-0.1, -0.05) is 6.92 Å². The summed E-state index contributed by atoms with van der Waals surface area (Å²) < 4.78 is 4.56. The standard InChI is InChI=1S/C5H9NO2/c1-2-4-5(6-4)8-3-7/h3-6H,2H2,1H3/t4-,5+/m1/s1. The largest absolute Gasteiger partial charge is 0.447 e. The first-order valence-electron chi connectivity index (χ1n) is 2.73. The molecule has 0 radical (unpaired) electrons. The zero-order chi connectivity index (χ0) is 5.98. The molecule has 3 heteroatoms. The summed E-state index contributed by atoms with van der Waals surface area (Å²) in [6.07, 6.45) is 1.04. The number of ether oxygens (including phenoxy) is 1. The van der Waals surface area contributed by atoms with E-state index in [0.29, 0.717) is 12.5 Å². The van der Waals surface area contributed by atoms with Crippen molar-refractivity contribution in [2.45, 2.75) is 25.6 Å². The topological polar surface area (TPSA) is 48.2 Å². The Morgan fingerprint density at radius 1 is 1.88 bits per heavy atom. The predicted molar refractivity (Wildman–Crippen MR) is 28.2 cm³/mol. The van der Waals surface area contributed by atoms with Gasteiger partial charge in [0.05, 0.1) is 6.04 Å². The van der Waals surface area contributed by atoms with Crippen LogP contribution in [-0.2, 0) is 9.53 Å². The van der Waals surface area contributed by atoms with Crippen LogP contribution in [0.4, 0.5) is 0 Å². The van der Waals surface area contributed by atoms with Crippen molar-refractivity contribution in [1.82, 2.24) is 5.32 Å². The summed E-state index contributed by atoms with van der Waals surface area (Å²) in [5.74, 6) is 0. The molecule has 0 aromatic rings. The second-order valence-corrected chi connectivity index (χ2v) is 1.83. The third kappa shape index (κ3) is 0.980. The quantitative estimate of drug-likeness (QED) is 0.411. The average molecular weight is 115 g/mol. The lowest BCUT2D eigenvalue weighted by Crippen LogP contribution is -1.96. The predicted octanol–water partition coefficient (Wildman–Crippen LogP) is -0.133. The molecule has 0 aromatic heterocycles. The number of hydrogen-bond acceptors (Lipinski definition) is 3. The summed E-state index contributed by atoms with van der Waals surface area (Å²) in [6, 6.07) is 0.417. The molecule has 1 rings (SSSR count). The monoisotopic (exact) mass is 115 g/mol. The molecule has 1 fully saturated rings. The van der Waals surface area contributed by atoms with Gasteiger partial charge >= 0.3 is 0 Å². The fraction of sp³-hybridized carbons (Fsp3) is 0.800. The minimum absolute atomic E-state index is 0.0116. The van der Waals surface area contributed by atoms with Gasteiger partial charge in [0.2, 0.25) is 0 Å². The second-order valence-electron chi connectivity index (χ2n) is 1.83. The number of hydrogen-bond donors (Lipinski definition) is 1. The smallest absolute Gasteiger partial charge is 0.294 e. The lowest BCUT2D eigenvalue weighted by Gasteiger charge is -1.87. The first kappa shape index (κ1) is 5.56. The molecule has 0 aliphatic carbocycles. The van der Waals surface area contributed by atoms with Gasteiger partial charge in [-0.2, -0.15) is 0 Å². The molecule has 46 valence electrons. The van der Waals surface area contributed by atoms with Crippen molar-refractivity contribution >= 4 is 6.47 Å². The third-order valence-electron chi connectivity index (χ3n) is 1.28. The van der Waals surface area contributed by atoms with Gasteiger partial charge in [0.25, 0.3) is 6.47 Å². The molecular formula is C5H9NO2. The zero-order valence-corrected chi connectivity index (χ0v) is 4.76. The lowest BCUT2D eigenvalue weighted by atomic mass is 10.4. The summed E-state index contributed by atoms with van der Waals surface area (Å²) in [5, 5.41) is 2.97. The van der Waals surface area contributed by atoms with E-state index in [4.69, 9.17) is 0 Å². The Morgan fingerprint density at radius 3 is 3.00 bits per heavy atom. The molecule has 1 heterocycles. The van der Waals surface area contributed by atoms with Gasteiger partial charge in [-0.3, -0.25) is 10.1 Å². The van der Waals surface area contributed by atoms with Crippen molar-refractivity contribution < 1.29 is 9.53 Å². The van der Waals surface area contributed by atoms with E-state index in [0.717, 1.165) is 6.42 Å². The van der Waals surface area contributed by atoms with Crippen molar-refractivity contribution in [3.8, 4) is 0 Å². The molecule has 1 N–H and O–H groups in total. The fourth-order valence-corrected chi connectivity index (χ4v) is 0.681. The van der Waals surface area contributed by atoms with Crippen molar-refractivity contribution in [1.29, 1.82) is 0 Å². The van der Waals surface area contributed by atoms with Crippen LogP contribution >= 0.6 is 0 Å². The summed E-state index contributed by atoms with van der Waals surface area (Å²) in [6.45, 7) is 2.53. The van der Waals surface area contributed by atoms with Crippen molar-refractivity contribution in [2.24, 2.45) is 0 Å². The minimum Gasteiger partial charge on any atom is -0.447 e. The Labute approximate surface area is 48.0 Å². The Morgan fingerprint density at radius 2 is 2.62 bits per heavy atom. The van der Waals surface area contributed by atoms with E-state index < -0.39 is 0 Å². The highest BCUT2D eigenvalue weighted by molar-refractivity contribution is 5.38. The van der Waals surface area contributed by atoms with Gasteiger partial charge in [-0.15, -0.1) is 0 Å². The van der Waals surface area contributed by atoms with E-state index in [1.807, 2.05) is 6.92 Å². The Balaban J connectivity index is 2.07. The van der Waals surface area contributed by atoms with Gasteiger partial charge in [0.15, 0.2) is 6.23 Å². The molecule has 0 unspecified atom stereocenters. The molecule has 0 spiro atoms. The molecule has 8 heavy (non-hydrogen) atoms. The molecule has 0 aromatic carbocycles. The van der Waals surface area contributed by atoms with Crippen LogP contribution in [0.5, 0.6) is 0 Å². The molecule has 1 saturated heterocycles. The maximum atomic E-state index is 9.65. The van der Waals surface area contributed by atoms with E-state index in [-0.39, 0.29) is 6.23 Å². The molecule has 1 aliphatic heterocycles. The molecular weight excluding hydrogens is 106 g/mol. The number of carbonyl (C=O) groups is 1. The lowest BCUT2D eigenvalue weighted by molar-refractivity contribution is -0.130. The van der Waals surface area contributed by atoms with E-state index in [9.17, 15) is 4.79 Å². The summed E-state index contributed by atoms with van der Waals surface area (Å²) in [5.41, 5.74) is 0. The Kier molecular flexibility index (Phi) is 1.48. The average Bonchev–Trinajstić information content (AvgIpc) is 2.48. The first-order valence-corrected chi connectivity index (χ1v) is 2.73. The van der Waals surface area contributed by atoms with E-state index in [2.05, 4.69) is 10.1 Å². The highest BCUT2D eigenvalue weighted by atomic mass is 16.6. The van der Waals surface area contributed by atoms with Crippen molar-refractivity contribution in [2.75, 3.05) is 0 Å². The maximum absolute atomic E-state index is 9.65. The number of carbonyl (C=O) groups excluding carboxylic acids is 1. The number of nitrogens with one attached hydrogen (secondary N) is 1. The minimum atomic E-state index is 0.0116. The number of rotatable bonds is 3. The van der Waals surface area contributed by atoms with Crippen LogP contribution in [0.3, 0.4) is 0 Å². The van der Waals surface area contributed by atoms with Crippen LogP contribution in [0.2, 0.25) is 0 Å². The zero-order valence-electron chi connectivity index (χ0n) is 4.76. The van der Waals surface area contributed by atoms with Gasteiger partial charge in [0.1, 0.15) is 0 Å². The van der Waals surface area contributed by atoms with Gasteiger partial charge in [-0.05, 0) is 6.42 Å². The van der Waals surface area contributed by atoms with E-state index in [1.54, 1.807) is 0 Å². The molecule has 0 bridgehead atoms. The molecule has 3 nitrogen and oxygen atoms in total. The normalized spacial score (nSPS) is 34.1. The summed E-state index contributed by atoms with van der Waals surface area (Å²) >= 11 is 0. The molecule has 0 saturated carbocycles. The highest BCUT2D eigenvalue weighted by Gasteiger charge is 2.35. The SMILES string of the molecule is CC[C@H]1N[C@H]1OC=O. The maximum Gasteiger partial charge on any atom is 0.294 e. The first-order chi connectivity index (χ1) is 3.88. The van der Waals surface area contributed by atoms with Gasteiger partial charge in [0, 0.05) is 0 Å². The third-order valence-corrected chi connectivity index (χ3v) is 1.28. The van der Waals surface area contributed by atoms with Crippen LogP contribution in [0, 0.1) is 0 Å². The van der Waals surface area contributed by atoms with Gasteiger partial charge in [-0.25, -0.2) is 0 Å². The molecule has 0 amide bonds. The molecule has 1 aliphatic rings. The van der Waals surface area contributed by atoms with Crippen LogP contribution in [0.25, 0.3) is 0 Å². The van der Waals surface area contributed by atoms with Crippen molar-refractivity contribution in [3.05, 3.63) is 0 Å². The second kappa shape index (κ2) is 2.13. The van der Waals surface area contributed by atoms with Crippen molar-refractivity contribution in [3.63, 3.8) is 0 Å². The highest BCUT2D eigenvalue weighted by Crippen LogP contribution is 2.13. The molecule has 2 atom stereocenters. The van der Waals surface area contributed by atoms with Crippen LogP contribution in [-0.4, -0.2) is 18.7 Å². The Hall–Kier alpha value is -0.570. The van der Waals surface area contributed by atoms with Gasteiger partial charge < -0.3 is 4.74 Å². The van der Waals surface area contributed by atoms with Crippen LogP contribution in [0.15, 0.2) is 0 Å². The summed E-state index contributed by atoms with van der Waals surface area (Å²) in [7, 11) is 0. The van der Waals surface area contributed by atoms with E-state index >= 15 is 0 Å². The van der Waals surface area contributed by atoms with Crippen LogP contribution in [0.1, 0.15) is 13.3 Å². The van der Waals surface area contributed by atoms with Crippen LogP contribution < -0.4 is 5.32 Å². The van der Waals surface area contributed by atoms with E-state index in [1.165, 1.54) is 0 Å². The Bertz CT molecular complexity index is 94.4. The fourth-order valence-electron chi connectivity index (χ4n) is 0.681.